The molecule has 202 valence electrons. The van der Waals surface area contributed by atoms with Crippen LogP contribution in [0.1, 0.15) is 56.1 Å². The van der Waals surface area contributed by atoms with Gasteiger partial charge in [-0.25, -0.2) is 9.59 Å². The molecule has 0 radical (unpaired) electrons. The van der Waals surface area contributed by atoms with E-state index in [9.17, 15) is 14.4 Å². The molecule has 0 saturated carbocycles. The van der Waals surface area contributed by atoms with Gasteiger partial charge in [0.2, 0.25) is 0 Å². The Morgan fingerprint density at radius 2 is 1.68 bits per heavy atom. The van der Waals surface area contributed by atoms with Gasteiger partial charge in [-0.2, -0.15) is 0 Å². The van der Waals surface area contributed by atoms with E-state index in [1.165, 1.54) is 13.2 Å². The van der Waals surface area contributed by atoms with Crippen LogP contribution in [-0.2, 0) is 9.53 Å². The number of carbonyl (C=O) groups is 3. The lowest BCUT2D eigenvalue weighted by Crippen LogP contribution is -2.36. The van der Waals surface area contributed by atoms with Crippen molar-refractivity contribution in [2.75, 3.05) is 20.8 Å². The first kappa shape index (κ1) is 28.3. The van der Waals surface area contributed by atoms with Crippen molar-refractivity contribution in [3.8, 4) is 23.0 Å². The highest BCUT2D eigenvalue weighted by Crippen LogP contribution is 2.40. The number of carbonyl (C=O) groups excluding carboxylic acids is 3. The van der Waals surface area contributed by atoms with E-state index in [0.29, 0.717) is 33.9 Å². The van der Waals surface area contributed by atoms with Crippen LogP contribution in [0.4, 0.5) is 4.79 Å². The molecule has 0 saturated heterocycles. The molecule has 0 fully saturated rings. The molecule has 1 N–H and O–H groups in total. The van der Waals surface area contributed by atoms with Crippen molar-refractivity contribution in [2.24, 2.45) is 0 Å². The van der Waals surface area contributed by atoms with Gasteiger partial charge in [-0.1, -0.05) is 12.1 Å². The van der Waals surface area contributed by atoms with Crippen LogP contribution in [0.3, 0.4) is 0 Å². The van der Waals surface area contributed by atoms with E-state index in [1.54, 1.807) is 64.3 Å². The number of hydrogen-bond acceptors (Lipinski definition) is 8. The van der Waals surface area contributed by atoms with E-state index < -0.39 is 29.8 Å². The maximum Gasteiger partial charge on any atom is 0.408 e. The van der Waals surface area contributed by atoms with Crippen molar-refractivity contribution in [3.05, 3.63) is 59.2 Å². The van der Waals surface area contributed by atoms with Crippen molar-refractivity contribution in [1.29, 1.82) is 0 Å². The van der Waals surface area contributed by atoms with Gasteiger partial charge in [-0.15, -0.1) is 0 Å². The summed E-state index contributed by atoms with van der Waals surface area (Å²) in [5.41, 5.74) is 0.406. The molecule has 1 amide bonds. The van der Waals surface area contributed by atoms with Crippen LogP contribution in [-0.4, -0.2) is 49.8 Å². The quantitative estimate of drug-likeness (QED) is 0.217. The highest BCUT2D eigenvalue weighted by Gasteiger charge is 2.27. The zero-order chi connectivity index (χ0) is 28.1. The smallest absolute Gasteiger partial charge is 0.408 e. The number of ketones is 1. The Kier molecular flexibility index (Phi) is 8.50. The number of benzene rings is 2. The number of amides is 1. The first-order valence-electron chi connectivity index (χ1n) is 12.0. The number of hydrogen-bond donors (Lipinski definition) is 1. The van der Waals surface area contributed by atoms with Crippen molar-refractivity contribution in [1.82, 2.24) is 5.32 Å². The maximum atomic E-state index is 13.1. The molecule has 9 heteroatoms. The second kappa shape index (κ2) is 11.4. The fraction of sp³-hybridized carbons (Fsp3) is 0.345. The molecule has 0 atom stereocenters. The largest absolute Gasteiger partial charge is 0.496 e. The molecule has 3 rings (SSSR count). The number of rotatable bonds is 8. The molecular weight excluding hydrogens is 490 g/mol. The summed E-state index contributed by atoms with van der Waals surface area (Å²) in [6.07, 6.45) is 6.07. The summed E-state index contributed by atoms with van der Waals surface area (Å²) in [7, 11) is 3.00. The van der Waals surface area contributed by atoms with Crippen LogP contribution >= 0.6 is 0 Å². The minimum atomic E-state index is -0.736. The van der Waals surface area contributed by atoms with Crippen LogP contribution in [0, 0.1) is 0 Å². The molecule has 1 aliphatic rings. The zero-order valence-electron chi connectivity index (χ0n) is 22.7. The lowest BCUT2D eigenvalue weighted by Gasteiger charge is -2.29. The molecule has 2 aromatic rings. The van der Waals surface area contributed by atoms with Crippen LogP contribution in [0.15, 0.2) is 42.5 Å². The summed E-state index contributed by atoms with van der Waals surface area (Å²) in [4.78, 5) is 37.2. The average molecular weight is 524 g/mol. The predicted octanol–water partition coefficient (Wildman–Crippen LogP) is 5.21. The van der Waals surface area contributed by atoms with Crippen molar-refractivity contribution in [2.45, 2.75) is 45.8 Å². The van der Waals surface area contributed by atoms with Crippen LogP contribution in [0.25, 0.3) is 12.2 Å². The third-order valence-electron chi connectivity index (χ3n) is 5.27. The van der Waals surface area contributed by atoms with Crippen LogP contribution < -0.4 is 24.3 Å². The Hall–Kier alpha value is -4.27. The third-order valence-corrected chi connectivity index (χ3v) is 5.27. The summed E-state index contributed by atoms with van der Waals surface area (Å²) in [5.74, 6) is 0.513. The van der Waals surface area contributed by atoms with E-state index in [2.05, 4.69) is 5.32 Å². The van der Waals surface area contributed by atoms with E-state index in [4.69, 9.17) is 23.7 Å². The van der Waals surface area contributed by atoms with Gasteiger partial charge in [0.15, 0.2) is 17.3 Å². The zero-order valence-corrected chi connectivity index (χ0v) is 22.7. The molecule has 0 bridgehead atoms. The number of methoxy groups -OCH3 is 2. The number of nitrogens with one attached hydrogen (secondary N) is 1. The van der Waals surface area contributed by atoms with Gasteiger partial charge in [0.1, 0.15) is 29.2 Å². The van der Waals surface area contributed by atoms with Gasteiger partial charge in [-0.3, -0.25) is 4.79 Å². The topological polar surface area (TPSA) is 109 Å². The number of allylic oxidation sites excluding steroid dienone is 1. The Balaban J connectivity index is 1.76. The van der Waals surface area contributed by atoms with E-state index in [-0.39, 0.29) is 11.5 Å². The molecule has 9 nitrogen and oxygen atoms in total. The highest BCUT2D eigenvalue weighted by molar-refractivity contribution is 6.09. The summed E-state index contributed by atoms with van der Waals surface area (Å²) < 4.78 is 27.3. The molecule has 2 aromatic carbocycles. The SMILES string of the molecule is COc1ccc(/C=C/C(=O)c2ccc(OC)c3c2OC(C)(C)C=C3)cc1OC(=O)CNC(=O)OC(C)(C)C. The lowest BCUT2D eigenvalue weighted by atomic mass is 9.97. The number of ether oxygens (including phenoxy) is 5. The maximum absolute atomic E-state index is 13.1. The number of fused-ring (bicyclic) bond motifs is 1. The molecular formula is C29H33NO8. The van der Waals surface area contributed by atoms with Gasteiger partial charge in [0, 0.05) is 0 Å². The Morgan fingerprint density at radius 1 is 1.00 bits per heavy atom. The molecule has 0 unspecified atom stereocenters. The molecule has 0 aromatic heterocycles. The molecule has 38 heavy (non-hydrogen) atoms. The Bertz CT molecular complexity index is 1280. The third kappa shape index (κ3) is 7.38. The monoisotopic (exact) mass is 523 g/mol. The lowest BCUT2D eigenvalue weighted by molar-refractivity contribution is -0.133. The van der Waals surface area contributed by atoms with E-state index in [0.717, 1.165) is 0 Å². The van der Waals surface area contributed by atoms with E-state index in [1.807, 2.05) is 26.0 Å². The van der Waals surface area contributed by atoms with Gasteiger partial charge < -0.3 is 29.0 Å². The fourth-order valence-corrected chi connectivity index (χ4v) is 3.56. The molecule has 1 heterocycles. The summed E-state index contributed by atoms with van der Waals surface area (Å²) in [6, 6.07) is 8.27. The summed E-state index contributed by atoms with van der Waals surface area (Å²) >= 11 is 0. The minimum absolute atomic E-state index is 0.134. The van der Waals surface area contributed by atoms with Gasteiger partial charge in [0.05, 0.1) is 25.3 Å². The van der Waals surface area contributed by atoms with Crippen molar-refractivity contribution in [3.63, 3.8) is 0 Å². The molecule has 0 aliphatic carbocycles. The van der Waals surface area contributed by atoms with Crippen molar-refractivity contribution >= 4 is 30.0 Å². The van der Waals surface area contributed by atoms with Crippen LogP contribution in [0.2, 0.25) is 0 Å². The first-order chi connectivity index (χ1) is 17.8. The standard InChI is InChI=1S/C29H33NO8/c1-28(2,3)38-27(33)30-17-25(32)36-24-16-18(9-12-23(24)35-7)8-11-21(31)19-10-13-22(34-6)20-14-15-29(4,5)37-26(19)20/h8-16H,17H2,1-7H3,(H,30,33)/b11-8+. The second-order valence-corrected chi connectivity index (χ2v) is 10.0. The summed E-state index contributed by atoms with van der Waals surface area (Å²) in [5, 5.41) is 2.35. The average Bonchev–Trinajstić information content (AvgIpc) is 2.83. The minimum Gasteiger partial charge on any atom is -0.496 e. The van der Waals surface area contributed by atoms with Gasteiger partial charge >= 0.3 is 12.1 Å². The Morgan fingerprint density at radius 3 is 2.34 bits per heavy atom. The summed E-state index contributed by atoms with van der Waals surface area (Å²) in [6.45, 7) is 8.55. The van der Waals surface area contributed by atoms with Gasteiger partial charge in [-0.05, 0) is 82.7 Å². The molecule has 1 aliphatic heterocycles. The first-order valence-corrected chi connectivity index (χ1v) is 12.0. The van der Waals surface area contributed by atoms with Crippen LogP contribution in [0.5, 0.6) is 23.0 Å². The Labute approximate surface area is 222 Å². The number of alkyl carbamates (subject to hydrolysis) is 1. The van der Waals surface area contributed by atoms with E-state index >= 15 is 0 Å². The van der Waals surface area contributed by atoms with Gasteiger partial charge in [0.25, 0.3) is 0 Å². The second-order valence-electron chi connectivity index (χ2n) is 10.0. The normalized spacial score (nSPS) is 13.8. The fourth-order valence-electron chi connectivity index (χ4n) is 3.56. The molecule has 0 spiro atoms. The predicted molar refractivity (Wildman–Crippen MR) is 143 cm³/mol. The van der Waals surface area contributed by atoms with Crippen molar-refractivity contribution < 1.29 is 38.1 Å². The highest BCUT2D eigenvalue weighted by atomic mass is 16.6. The number of esters is 1.